The van der Waals surface area contributed by atoms with Crippen molar-refractivity contribution in [2.24, 2.45) is 5.92 Å². The Bertz CT molecular complexity index is 441. The number of carbonyl (C=O) groups is 1. The topological polar surface area (TPSA) is 67.8 Å². The molecule has 0 radical (unpaired) electrons. The number of phenolic OH excluding ortho intramolecular Hbond substituents is 1. The average molecular weight is 265 g/mol. The molecule has 0 spiro atoms. The van der Waals surface area contributed by atoms with Crippen LogP contribution in [0.1, 0.15) is 23.2 Å². The van der Waals surface area contributed by atoms with E-state index in [0.29, 0.717) is 24.8 Å². The van der Waals surface area contributed by atoms with E-state index in [9.17, 15) is 9.90 Å². The van der Waals surface area contributed by atoms with Crippen LogP contribution in [0.2, 0.25) is 0 Å². The van der Waals surface area contributed by atoms with E-state index in [4.69, 9.17) is 9.47 Å². The molecule has 1 saturated heterocycles. The zero-order valence-electron chi connectivity index (χ0n) is 11.0. The lowest BCUT2D eigenvalue weighted by Crippen LogP contribution is -2.33. The lowest BCUT2D eigenvalue weighted by molar-refractivity contribution is 0.0536. The van der Waals surface area contributed by atoms with Gasteiger partial charge in [0.25, 0.3) is 5.91 Å². The van der Waals surface area contributed by atoms with Gasteiger partial charge >= 0.3 is 0 Å². The smallest absolute Gasteiger partial charge is 0.255 e. The van der Waals surface area contributed by atoms with Gasteiger partial charge in [0.1, 0.15) is 0 Å². The van der Waals surface area contributed by atoms with Gasteiger partial charge in [-0.2, -0.15) is 0 Å². The number of ether oxygens (including phenoxy) is 2. The summed E-state index contributed by atoms with van der Waals surface area (Å²) in [6, 6.07) is 4.86. The molecule has 0 bridgehead atoms. The normalized spacial score (nSPS) is 18.9. The van der Waals surface area contributed by atoms with Crippen molar-refractivity contribution in [1.29, 1.82) is 0 Å². The largest absolute Gasteiger partial charge is 0.504 e. The van der Waals surface area contributed by atoms with Crippen molar-refractivity contribution in [3.63, 3.8) is 0 Å². The van der Waals surface area contributed by atoms with Gasteiger partial charge in [0.2, 0.25) is 0 Å². The molecule has 5 nitrogen and oxygen atoms in total. The summed E-state index contributed by atoms with van der Waals surface area (Å²) >= 11 is 0. The number of para-hydroxylation sites is 1. The van der Waals surface area contributed by atoms with Crippen molar-refractivity contribution in [2.75, 3.05) is 26.9 Å². The van der Waals surface area contributed by atoms with Crippen molar-refractivity contribution in [1.82, 2.24) is 5.32 Å². The van der Waals surface area contributed by atoms with Crippen LogP contribution in [0, 0.1) is 5.92 Å². The number of hydrogen-bond acceptors (Lipinski definition) is 4. The molecule has 1 unspecified atom stereocenters. The number of benzene rings is 1. The first-order valence-corrected chi connectivity index (χ1v) is 6.44. The number of methoxy groups -OCH3 is 1. The highest BCUT2D eigenvalue weighted by molar-refractivity contribution is 5.97. The van der Waals surface area contributed by atoms with E-state index in [1.54, 1.807) is 18.2 Å². The minimum absolute atomic E-state index is 0.123. The molecule has 2 N–H and O–H groups in total. The monoisotopic (exact) mass is 265 g/mol. The van der Waals surface area contributed by atoms with Crippen LogP contribution in [0.15, 0.2) is 18.2 Å². The lowest BCUT2D eigenvalue weighted by Gasteiger charge is -2.22. The molecule has 1 aromatic carbocycles. The second-order valence-electron chi connectivity index (χ2n) is 4.65. The first kappa shape index (κ1) is 13.7. The van der Waals surface area contributed by atoms with E-state index in [-0.39, 0.29) is 17.2 Å². The fourth-order valence-electron chi connectivity index (χ4n) is 2.17. The molecule has 104 valence electrons. The van der Waals surface area contributed by atoms with Crippen LogP contribution < -0.4 is 10.1 Å². The average Bonchev–Trinajstić information content (AvgIpc) is 2.46. The summed E-state index contributed by atoms with van der Waals surface area (Å²) in [5.74, 6) is 0.239. The number of amides is 1. The molecule has 1 fully saturated rings. The number of hydrogen-bond donors (Lipinski definition) is 2. The van der Waals surface area contributed by atoms with Gasteiger partial charge in [-0.05, 0) is 30.9 Å². The summed E-state index contributed by atoms with van der Waals surface area (Å²) in [4.78, 5) is 12.0. The molecule has 0 aliphatic carbocycles. The molecule has 5 heteroatoms. The fraction of sp³-hybridized carbons (Fsp3) is 0.500. The Morgan fingerprint density at radius 2 is 2.42 bits per heavy atom. The van der Waals surface area contributed by atoms with E-state index in [0.717, 1.165) is 19.4 Å². The molecular formula is C14H19NO4. The summed E-state index contributed by atoms with van der Waals surface area (Å²) in [5, 5.41) is 12.7. The van der Waals surface area contributed by atoms with Gasteiger partial charge in [0.15, 0.2) is 11.5 Å². The molecule has 2 rings (SSSR count). The van der Waals surface area contributed by atoms with E-state index in [2.05, 4.69) is 5.32 Å². The van der Waals surface area contributed by atoms with Crippen molar-refractivity contribution >= 4 is 5.91 Å². The van der Waals surface area contributed by atoms with Crippen LogP contribution >= 0.6 is 0 Å². The molecule has 19 heavy (non-hydrogen) atoms. The lowest BCUT2D eigenvalue weighted by atomic mass is 10.0. The summed E-state index contributed by atoms with van der Waals surface area (Å²) in [7, 11) is 1.45. The highest BCUT2D eigenvalue weighted by Gasteiger charge is 2.18. The molecule has 1 aromatic rings. The fourth-order valence-corrected chi connectivity index (χ4v) is 2.17. The van der Waals surface area contributed by atoms with Gasteiger partial charge in [-0.25, -0.2) is 0 Å². The molecular weight excluding hydrogens is 246 g/mol. The minimum Gasteiger partial charge on any atom is -0.504 e. The minimum atomic E-state index is -0.290. The summed E-state index contributed by atoms with van der Waals surface area (Å²) in [6.45, 7) is 2.06. The van der Waals surface area contributed by atoms with Gasteiger partial charge in [-0.1, -0.05) is 6.07 Å². The highest BCUT2D eigenvalue weighted by Crippen LogP contribution is 2.29. The third kappa shape index (κ3) is 3.38. The van der Waals surface area contributed by atoms with Gasteiger partial charge in [0, 0.05) is 13.2 Å². The Kier molecular flexibility index (Phi) is 4.63. The third-order valence-corrected chi connectivity index (χ3v) is 3.27. The van der Waals surface area contributed by atoms with Crippen LogP contribution in [0.25, 0.3) is 0 Å². The molecule has 1 aliphatic heterocycles. The van der Waals surface area contributed by atoms with Crippen molar-refractivity contribution in [3.8, 4) is 11.5 Å². The van der Waals surface area contributed by atoms with Gasteiger partial charge in [-0.3, -0.25) is 4.79 Å². The summed E-state index contributed by atoms with van der Waals surface area (Å²) < 4.78 is 10.3. The van der Waals surface area contributed by atoms with Gasteiger partial charge < -0.3 is 19.9 Å². The van der Waals surface area contributed by atoms with E-state index < -0.39 is 0 Å². The second kappa shape index (κ2) is 6.43. The maximum atomic E-state index is 12.0. The van der Waals surface area contributed by atoms with E-state index >= 15 is 0 Å². The van der Waals surface area contributed by atoms with Crippen LogP contribution in [-0.2, 0) is 4.74 Å². The van der Waals surface area contributed by atoms with Crippen LogP contribution in [-0.4, -0.2) is 37.9 Å². The van der Waals surface area contributed by atoms with E-state index in [1.807, 2.05) is 0 Å². The molecule has 1 aliphatic rings. The van der Waals surface area contributed by atoms with Crippen LogP contribution in [0.5, 0.6) is 11.5 Å². The Morgan fingerprint density at radius 3 is 3.11 bits per heavy atom. The Labute approximate surface area is 112 Å². The standard InChI is InChI=1S/C14H19NO4/c1-18-12-6-2-5-11(13(12)16)14(17)15-8-10-4-3-7-19-9-10/h2,5-6,10,16H,3-4,7-9H2,1H3,(H,15,17). The summed E-state index contributed by atoms with van der Waals surface area (Å²) in [6.07, 6.45) is 2.09. The van der Waals surface area contributed by atoms with E-state index in [1.165, 1.54) is 7.11 Å². The Hall–Kier alpha value is -1.75. The zero-order chi connectivity index (χ0) is 13.7. The predicted molar refractivity (Wildman–Crippen MR) is 70.5 cm³/mol. The Morgan fingerprint density at radius 1 is 1.58 bits per heavy atom. The maximum absolute atomic E-state index is 12.0. The molecule has 1 heterocycles. The molecule has 0 aromatic heterocycles. The maximum Gasteiger partial charge on any atom is 0.255 e. The third-order valence-electron chi connectivity index (χ3n) is 3.27. The number of phenols is 1. The number of rotatable bonds is 4. The second-order valence-corrected chi connectivity index (χ2v) is 4.65. The number of carbonyl (C=O) groups excluding carboxylic acids is 1. The van der Waals surface area contributed by atoms with Crippen molar-refractivity contribution in [3.05, 3.63) is 23.8 Å². The predicted octanol–water partition coefficient (Wildman–Crippen LogP) is 1.56. The van der Waals surface area contributed by atoms with Crippen molar-refractivity contribution < 1.29 is 19.4 Å². The zero-order valence-corrected chi connectivity index (χ0v) is 11.0. The molecule has 0 saturated carbocycles. The number of nitrogens with one attached hydrogen (secondary N) is 1. The Balaban J connectivity index is 1.95. The van der Waals surface area contributed by atoms with Gasteiger partial charge in [-0.15, -0.1) is 0 Å². The first-order chi connectivity index (χ1) is 9.22. The van der Waals surface area contributed by atoms with Crippen molar-refractivity contribution in [2.45, 2.75) is 12.8 Å². The number of aromatic hydroxyl groups is 1. The van der Waals surface area contributed by atoms with Gasteiger partial charge in [0.05, 0.1) is 19.3 Å². The quantitative estimate of drug-likeness (QED) is 0.867. The first-order valence-electron chi connectivity index (χ1n) is 6.44. The molecule has 1 amide bonds. The van der Waals surface area contributed by atoms with Crippen LogP contribution in [0.3, 0.4) is 0 Å². The SMILES string of the molecule is COc1cccc(C(=O)NCC2CCCOC2)c1O. The van der Waals surface area contributed by atoms with Crippen LogP contribution in [0.4, 0.5) is 0 Å². The summed E-state index contributed by atoms with van der Waals surface area (Å²) in [5.41, 5.74) is 0.232. The molecule has 1 atom stereocenters. The highest BCUT2D eigenvalue weighted by atomic mass is 16.5.